The molecule has 8 nitrogen and oxygen atoms in total. The summed E-state index contributed by atoms with van der Waals surface area (Å²) < 4.78 is 0. The monoisotopic (exact) mass is 802 g/mol. The molecule has 274 valence electrons. The van der Waals surface area contributed by atoms with Gasteiger partial charge in [0.1, 0.15) is 0 Å². The van der Waals surface area contributed by atoms with Crippen LogP contribution in [-0.2, 0) is 0 Å². The molecule has 0 fully saturated rings. The second-order valence-corrected chi connectivity index (χ2v) is 16.3. The zero-order valence-electron chi connectivity index (χ0n) is 29.4. The van der Waals surface area contributed by atoms with Crippen LogP contribution in [0.2, 0.25) is 0 Å². The van der Waals surface area contributed by atoms with Gasteiger partial charge in [-0.2, -0.15) is 35.2 Å². The molecule has 0 amide bonds. The Hall–Kier alpha value is -4.96. The maximum Gasteiger partial charge on any atom is 0.0737 e. The second-order valence-electron chi connectivity index (χ2n) is 13.2. The maximum atomic E-state index is 11.8. The van der Waals surface area contributed by atoms with E-state index in [0.29, 0.717) is 0 Å². The lowest BCUT2D eigenvalue weighted by Crippen LogP contribution is -2.00. The van der Waals surface area contributed by atoms with Crippen molar-refractivity contribution in [3.63, 3.8) is 0 Å². The molecular formula is C44H30N4O4P4-4. The zero-order chi connectivity index (χ0) is 38.2. The first-order chi connectivity index (χ1) is 27.5. The van der Waals surface area contributed by atoms with E-state index in [2.05, 4.69) is 9.97 Å². The Balaban J connectivity index is 1.44. The van der Waals surface area contributed by atoms with Gasteiger partial charge in [-0.3, -0.25) is 0 Å². The van der Waals surface area contributed by atoms with Gasteiger partial charge < -0.3 is 29.5 Å². The lowest BCUT2D eigenvalue weighted by Gasteiger charge is -2.10. The number of nitrogens with zero attached hydrogens (tertiary/aromatic N) is 2. The first kappa shape index (κ1) is 36.7. The molecule has 8 bridgehead atoms. The maximum absolute atomic E-state index is 11.8. The number of rotatable bonds is 8. The van der Waals surface area contributed by atoms with Gasteiger partial charge in [-0.25, -0.2) is 9.97 Å². The number of hydrogen-bond donors (Lipinski definition) is 2. The molecule has 2 aliphatic heterocycles. The summed E-state index contributed by atoms with van der Waals surface area (Å²) in [5.41, 5.74) is 13.3. The molecule has 2 aliphatic rings. The summed E-state index contributed by atoms with van der Waals surface area (Å²) in [7, 11) is -2.27. The molecule has 0 saturated carbocycles. The first-order valence-corrected chi connectivity index (χ1v) is 21.3. The molecule has 2 N–H and O–H groups in total. The van der Waals surface area contributed by atoms with Crippen molar-refractivity contribution in [2.75, 3.05) is 0 Å². The van der Waals surface area contributed by atoms with E-state index in [1.165, 1.54) is 0 Å². The smallest absolute Gasteiger partial charge is 0.0737 e. The molecular weight excluding hydrogens is 772 g/mol. The average Bonchev–Trinajstić information content (AvgIpc) is 4.10. The molecule has 0 saturated heterocycles. The third-order valence-electron chi connectivity index (χ3n) is 9.92. The van der Waals surface area contributed by atoms with E-state index in [4.69, 9.17) is 9.97 Å². The minimum atomic E-state index is -0.567. The van der Waals surface area contributed by atoms with E-state index in [-0.39, 0.29) is 0 Å². The van der Waals surface area contributed by atoms with Crippen molar-refractivity contribution in [3.8, 4) is 44.5 Å². The van der Waals surface area contributed by atoms with Crippen molar-refractivity contribution in [1.29, 1.82) is 0 Å². The highest BCUT2D eigenvalue weighted by Gasteiger charge is 2.19. The summed E-state index contributed by atoms with van der Waals surface area (Å²) in [6.45, 7) is 0. The number of H-pyrrole nitrogens is 2. The van der Waals surface area contributed by atoms with Gasteiger partial charge in [0.15, 0.2) is 0 Å². The summed E-state index contributed by atoms with van der Waals surface area (Å²) in [4.78, 5) is 65.1. The molecule has 0 aliphatic carbocycles. The highest BCUT2D eigenvalue weighted by atomic mass is 31.1. The van der Waals surface area contributed by atoms with E-state index >= 15 is 0 Å². The molecule has 7 aromatic rings. The van der Waals surface area contributed by atoms with Crippen molar-refractivity contribution in [3.05, 3.63) is 144 Å². The van der Waals surface area contributed by atoms with Crippen LogP contribution in [0.5, 0.6) is 0 Å². The van der Waals surface area contributed by atoms with Crippen LogP contribution in [0, 0.1) is 0 Å². The lowest BCUT2D eigenvalue weighted by atomic mass is 10.0. The predicted molar refractivity (Wildman–Crippen MR) is 232 cm³/mol. The number of hydrogen-bond acceptors (Lipinski definition) is 6. The van der Waals surface area contributed by atoms with Crippen LogP contribution in [0.3, 0.4) is 0 Å². The third-order valence-corrected chi connectivity index (χ3v) is 12.2. The van der Waals surface area contributed by atoms with Crippen LogP contribution in [-0.4, -0.2) is 19.9 Å². The Labute approximate surface area is 329 Å². The van der Waals surface area contributed by atoms with Gasteiger partial charge in [0.25, 0.3) is 0 Å². The Bertz CT molecular complexity index is 2450. The topological polar surface area (TPSA) is 150 Å². The quantitative estimate of drug-likeness (QED) is 0.190. The number of aromatic nitrogens is 4. The summed E-state index contributed by atoms with van der Waals surface area (Å²) in [6.07, 6.45) is 8.04. The number of aromatic amines is 2. The third kappa shape index (κ3) is 7.01. The van der Waals surface area contributed by atoms with Gasteiger partial charge in [0, 0.05) is 44.3 Å². The zero-order valence-corrected chi connectivity index (χ0v) is 33.4. The van der Waals surface area contributed by atoms with Crippen LogP contribution in [0.1, 0.15) is 22.8 Å². The van der Waals surface area contributed by atoms with E-state index < -0.39 is 35.2 Å². The van der Waals surface area contributed by atoms with Crippen molar-refractivity contribution >= 4 is 103 Å². The summed E-state index contributed by atoms with van der Waals surface area (Å²) >= 11 is 0. The number of nitrogens with one attached hydrogen (secondary N) is 2. The van der Waals surface area contributed by atoms with Gasteiger partial charge >= 0.3 is 0 Å². The Morgan fingerprint density at radius 3 is 0.714 bits per heavy atom. The lowest BCUT2D eigenvalue weighted by molar-refractivity contribution is -0.148. The molecule has 9 rings (SSSR count). The minimum absolute atomic E-state index is 0.567. The molecule has 12 heteroatoms. The molecule has 5 heterocycles. The Morgan fingerprint density at radius 1 is 0.304 bits per heavy atom. The Morgan fingerprint density at radius 2 is 0.518 bits per heavy atom. The SMILES string of the molecule is [O-]Pc1ccc(-c2c3nc(c(-c4ccc(P[O-])cc4)c4ccc([nH]4)c(-c4ccc(P[O-])cc4)c4nc(c(-c5ccc(P[O-])cc5)c5ccc2[nH]5)C=C4)C=C3)cc1. The van der Waals surface area contributed by atoms with E-state index in [1.54, 1.807) is 0 Å². The van der Waals surface area contributed by atoms with E-state index in [1.807, 2.05) is 146 Å². The standard InChI is InChI=1S/C44H30N4O4P4/c49-53-29-9-1-25(2-10-29)41-33-17-19-35(45-33)42(26-3-11-30(54-50)12-4-26)37-21-23-39(47-37)44(28-7-15-32(56-52)16-8-28)40-24-22-38(48-40)43(36-20-18-34(41)46-36)27-5-13-31(55-51)14-6-27/h1-24,45,48,53-56H/q-4. The predicted octanol–water partition coefficient (Wildman–Crippen LogP) is 5.64. The van der Waals surface area contributed by atoms with Gasteiger partial charge in [-0.1, -0.05) is 97.1 Å². The van der Waals surface area contributed by atoms with Crippen LogP contribution in [0.4, 0.5) is 0 Å². The Kier molecular flexibility index (Phi) is 10.4. The number of fused-ring (bicyclic) bond motifs is 8. The summed E-state index contributed by atoms with van der Waals surface area (Å²) in [5, 5.41) is 2.89. The molecule has 56 heavy (non-hydrogen) atoms. The molecule has 4 aromatic carbocycles. The summed E-state index contributed by atoms with van der Waals surface area (Å²) in [6, 6.07) is 38.8. The molecule has 0 spiro atoms. The second kappa shape index (κ2) is 15.9. The first-order valence-electron chi connectivity index (χ1n) is 17.6. The molecule has 0 radical (unpaired) electrons. The fourth-order valence-electron chi connectivity index (χ4n) is 7.24. The van der Waals surface area contributed by atoms with Crippen LogP contribution in [0.25, 0.3) is 90.9 Å². The average molecular weight is 803 g/mol. The fourth-order valence-corrected chi connectivity index (χ4v) is 8.45. The van der Waals surface area contributed by atoms with Crippen molar-refractivity contribution in [1.82, 2.24) is 19.9 Å². The van der Waals surface area contributed by atoms with E-state index in [0.717, 1.165) is 111 Å². The van der Waals surface area contributed by atoms with Crippen LogP contribution < -0.4 is 40.8 Å². The molecule has 4 unspecified atom stereocenters. The van der Waals surface area contributed by atoms with Gasteiger partial charge in [0.2, 0.25) is 0 Å². The fraction of sp³-hybridized carbons (Fsp3) is 0. The van der Waals surface area contributed by atoms with Crippen LogP contribution >= 0.6 is 35.2 Å². The van der Waals surface area contributed by atoms with Crippen molar-refractivity contribution < 1.29 is 19.6 Å². The molecule has 4 atom stereocenters. The largest absolute Gasteiger partial charge is 0.828 e. The van der Waals surface area contributed by atoms with Crippen LogP contribution in [0.15, 0.2) is 121 Å². The summed E-state index contributed by atoms with van der Waals surface area (Å²) in [5.74, 6) is 0. The highest BCUT2D eigenvalue weighted by molar-refractivity contribution is 7.40. The van der Waals surface area contributed by atoms with E-state index in [9.17, 15) is 19.6 Å². The van der Waals surface area contributed by atoms with Gasteiger partial charge in [0.05, 0.1) is 22.8 Å². The normalized spacial score (nSPS) is 12.9. The molecule has 3 aromatic heterocycles. The minimum Gasteiger partial charge on any atom is -0.828 e. The van der Waals surface area contributed by atoms with Gasteiger partial charge in [-0.15, -0.1) is 0 Å². The van der Waals surface area contributed by atoms with Crippen molar-refractivity contribution in [2.24, 2.45) is 0 Å². The van der Waals surface area contributed by atoms with Crippen molar-refractivity contribution in [2.45, 2.75) is 0 Å². The number of benzene rings is 4. The van der Waals surface area contributed by atoms with Gasteiger partial charge in [-0.05, 0) is 92.0 Å². The highest BCUT2D eigenvalue weighted by Crippen LogP contribution is 2.38.